The van der Waals surface area contributed by atoms with E-state index in [1.807, 2.05) is 12.1 Å². The molecule has 6 nitrogen and oxygen atoms in total. The highest BCUT2D eigenvalue weighted by Crippen LogP contribution is 2.61. The summed E-state index contributed by atoms with van der Waals surface area (Å²) in [4.78, 5) is 0. The van der Waals surface area contributed by atoms with Gasteiger partial charge in [0, 0.05) is 6.54 Å². The number of tetrazole rings is 1. The smallest absolute Gasteiger partial charge is 0.200 e. The Kier molecular flexibility index (Phi) is 2.13. The molecule has 5 rings (SSSR count). The maximum Gasteiger partial charge on any atom is 0.200 e. The molecule has 6 heteroatoms. The topological polar surface area (TPSA) is 68.0 Å². The Morgan fingerprint density at radius 1 is 1.19 bits per heavy atom. The molecule has 2 aliphatic carbocycles. The van der Waals surface area contributed by atoms with Crippen LogP contribution in [0.2, 0.25) is 0 Å². The monoisotopic (exact) mass is 278 g/mol. The summed E-state index contributed by atoms with van der Waals surface area (Å²) in [6.07, 6.45) is 1.23. The summed E-state index contributed by atoms with van der Waals surface area (Å²) in [6.45, 7) is 0.963. The normalized spacial score (nSPS) is 25.6. The van der Waals surface area contributed by atoms with Gasteiger partial charge in [0.1, 0.15) is 5.82 Å². The fraction of sp³-hybridized carbons (Fsp3) is 0.333. The summed E-state index contributed by atoms with van der Waals surface area (Å²) in [5.41, 5.74) is 3.76. The van der Waals surface area contributed by atoms with Gasteiger partial charge in [-0.25, -0.2) is 0 Å². The van der Waals surface area contributed by atoms with E-state index >= 15 is 0 Å². The molecule has 0 spiro atoms. The van der Waals surface area contributed by atoms with Gasteiger partial charge in [-0.05, 0) is 57.9 Å². The molecule has 3 atom stereocenters. The van der Waals surface area contributed by atoms with E-state index in [-0.39, 0.29) is 0 Å². The van der Waals surface area contributed by atoms with Gasteiger partial charge in [0.05, 0.1) is 0 Å². The zero-order valence-electron chi connectivity index (χ0n) is 11.3. The fourth-order valence-corrected chi connectivity index (χ4v) is 3.73. The Labute approximate surface area is 121 Å². The number of nitrogens with zero attached hydrogens (tertiary/aromatic N) is 5. The molecule has 0 aliphatic heterocycles. The molecule has 0 amide bonds. The molecule has 1 N–H and O–H groups in total. The first-order valence-corrected chi connectivity index (χ1v) is 7.27. The number of fused-ring (bicyclic) bond motifs is 4. The number of hydrogen-bond donors (Lipinski definition) is 1. The van der Waals surface area contributed by atoms with Crippen molar-refractivity contribution < 1.29 is 0 Å². The predicted octanol–water partition coefficient (Wildman–Crippen LogP) is 1.52. The summed E-state index contributed by atoms with van der Waals surface area (Å²) >= 11 is 0. The molecule has 0 radical (unpaired) electrons. The Hall–Kier alpha value is -2.50. The lowest BCUT2D eigenvalue weighted by Crippen LogP contribution is -2.10. The lowest BCUT2D eigenvalue weighted by molar-refractivity contribution is 0.705. The first-order valence-electron chi connectivity index (χ1n) is 7.27. The summed E-state index contributed by atoms with van der Waals surface area (Å²) in [7, 11) is 0. The second kappa shape index (κ2) is 4.00. The van der Waals surface area contributed by atoms with Crippen molar-refractivity contribution in [2.75, 3.05) is 11.9 Å². The molecule has 1 fully saturated rings. The highest BCUT2D eigenvalue weighted by Gasteiger charge is 2.54. The van der Waals surface area contributed by atoms with E-state index in [0.717, 1.165) is 30.1 Å². The second-order valence-electron chi connectivity index (χ2n) is 5.88. The minimum Gasteiger partial charge on any atom is -0.368 e. The predicted molar refractivity (Wildman–Crippen MR) is 76.9 cm³/mol. The van der Waals surface area contributed by atoms with E-state index in [0.29, 0.717) is 5.65 Å². The van der Waals surface area contributed by atoms with Crippen LogP contribution in [0.25, 0.3) is 5.65 Å². The van der Waals surface area contributed by atoms with E-state index in [2.05, 4.69) is 50.2 Å². The van der Waals surface area contributed by atoms with Crippen LogP contribution in [0.3, 0.4) is 0 Å². The van der Waals surface area contributed by atoms with Crippen LogP contribution in [0.1, 0.15) is 17.0 Å². The number of hydrogen-bond acceptors (Lipinski definition) is 5. The summed E-state index contributed by atoms with van der Waals surface area (Å²) < 4.78 is 1.45. The average molecular weight is 278 g/mol. The number of rotatable bonds is 3. The molecule has 0 saturated heterocycles. The Morgan fingerprint density at radius 3 is 3.14 bits per heavy atom. The van der Waals surface area contributed by atoms with Gasteiger partial charge in [0.15, 0.2) is 5.65 Å². The first kappa shape index (κ1) is 11.2. The third-order valence-corrected chi connectivity index (χ3v) is 4.79. The number of aromatic nitrogens is 5. The molecule has 0 bridgehead atoms. The Balaban J connectivity index is 1.30. The van der Waals surface area contributed by atoms with E-state index in [4.69, 9.17) is 0 Å². The maximum atomic E-state index is 4.34. The largest absolute Gasteiger partial charge is 0.368 e. The van der Waals surface area contributed by atoms with Gasteiger partial charge in [-0.3, -0.25) is 0 Å². The molecule has 1 saturated carbocycles. The van der Waals surface area contributed by atoms with Crippen LogP contribution in [-0.4, -0.2) is 31.8 Å². The molecular formula is C15H14N6. The van der Waals surface area contributed by atoms with Gasteiger partial charge in [0.2, 0.25) is 0 Å². The molecule has 1 aromatic carbocycles. The Bertz CT molecular complexity index is 826. The highest BCUT2D eigenvalue weighted by atomic mass is 15.6. The molecule has 3 unspecified atom stereocenters. The third kappa shape index (κ3) is 1.65. The van der Waals surface area contributed by atoms with Crippen molar-refractivity contribution in [3.05, 3.63) is 47.5 Å². The first-order chi connectivity index (χ1) is 10.4. The van der Waals surface area contributed by atoms with Crippen molar-refractivity contribution in [3.63, 3.8) is 0 Å². The molecule has 21 heavy (non-hydrogen) atoms. The van der Waals surface area contributed by atoms with Gasteiger partial charge < -0.3 is 5.32 Å². The third-order valence-electron chi connectivity index (χ3n) is 4.79. The lowest BCUT2D eigenvalue weighted by Gasteiger charge is -2.09. The van der Waals surface area contributed by atoms with Gasteiger partial charge in [-0.15, -0.1) is 14.8 Å². The van der Waals surface area contributed by atoms with Gasteiger partial charge >= 0.3 is 0 Å². The quantitative estimate of drug-likeness (QED) is 0.786. The summed E-state index contributed by atoms with van der Waals surface area (Å²) in [5.74, 6) is 3.11. The second-order valence-corrected chi connectivity index (χ2v) is 5.88. The molecule has 2 aliphatic rings. The molecule has 3 aromatic rings. The standard InChI is InChI=1S/C15H14N6/c1-2-4-10-9(3-1)7-11-12(15(10)11)8-16-13-5-6-14-17-19-20-21(14)18-13/h1-6,11-12,15H,7-8H2,(H,16,18). The van der Waals surface area contributed by atoms with E-state index in [1.54, 1.807) is 5.56 Å². The van der Waals surface area contributed by atoms with Crippen LogP contribution >= 0.6 is 0 Å². The van der Waals surface area contributed by atoms with Gasteiger partial charge in [-0.2, -0.15) is 0 Å². The minimum absolute atomic E-state index is 0.665. The van der Waals surface area contributed by atoms with Crippen LogP contribution in [0.15, 0.2) is 36.4 Å². The molecule has 104 valence electrons. The lowest BCUT2D eigenvalue weighted by atomic mass is 10.0. The van der Waals surface area contributed by atoms with Gasteiger partial charge in [0.25, 0.3) is 0 Å². The molecular weight excluding hydrogens is 264 g/mol. The van der Waals surface area contributed by atoms with Crippen LogP contribution < -0.4 is 5.32 Å². The zero-order chi connectivity index (χ0) is 13.8. The number of nitrogens with one attached hydrogen (secondary N) is 1. The van der Waals surface area contributed by atoms with Crippen molar-refractivity contribution in [1.29, 1.82) is 0 Å². The van der Waals surface area contributed by atoms with Crippen LogP contribution in [-0.2, 0) is 6.42 Å². The van der Waals surface area contributed by atoms with Crippen LogP contribution in [0, 0.1) is 11.8 Å². The van der Waals surface area contributed by atoms with Crippen molar-refractivity contribution in [2.24, 2.45) is 11.8 Å². The SMILES string of the molecule is c1ccc2c(c1)CC1C(CNc3ccc4nnnn4n3)C21. The zero-order valence-corrected chi connectivity index (χ0v) is 11.3. The van der Waals surface area contributed by atoms with Crippen molar-refractivity contribution >= 4 is 11.5 Å². The van der Waals surface area contributed by atoms with Crippen LogP contribution in [0.4, 0.5) is 5.82 Å². The number of anilines is 1. The van der Waals surface area contributed by atoms with Gasteiger partial charge in [-0.1, -0.05) is 24.3 Å². The fourth-order valence-electron chi connectivity index (χ4n) is 3.73. The molecule has 2 heterocycles. The maximum absolute atomic E-state index is 4.34. The highest BCUT2D eigenvalue weighted by molar-refractivity contribution is 5.46. The van der Waals surface area contributed by atoms with Crippen LogP contribution in [0.5, 0.6) is 0 Å². The van der Waals surface area contributed by atoms with Crippen molar-refractivity contribution in [3.8, 4) is 0 Å². The number of benzene rings is 1. The Morgan fingerprint density at radius 2 is 2.14 bits per heavy atom. The minimum atomic E-state index is 0.665. The average Bonchev–Trinajstić information content (AvgIpc) is 2.89. The van der Waals surface area contributed by atoms with E-state index < -0.39 is 0 Å². The van der Waals surface area contributed by atoms with E-state index in [9.17, 15) is 0 Å². The molecule has 2 aromatic heterocycles. The van der Waals surface area contributed by atoms with Crippen molar-refractivity contribution in [2.45, 2.75) is 12.3 Å². The van der Waals surface area contributed by atoms with E-state index in [1.165, 1.54) is 16.6 Å². The summed E-state index contributed by atoms with van der Waals surface area (Å²) in [5, 5.41) is 19.0. The van der Waals surface area contributed by atoms with Crippen molar-refractivity contribution in [1.82, 2.24) is 25.3 Å². The summed E-state index contributed by atoms with van der Waals surface area (Å²) in [6, 6.07) is 12.6.